The maximum atomic E-state index is 12.3. The van der Waals surface area contributed by atoms with Crippen molar-refractivity contribution in [1.29, 1.82) is 0 Å². The lowest BCUT2D eigenvalue weighted by molar-refractivity contribution is 0.0736. The first-order valence-corrected chi connectivity index (χ1v) is 7.76. The third-order valence-electron chi connectivity index (χ3n) is 3.13. The smallest absolute Gasteiger partial charge is 0.344 e. The van der Waals surface area contributed by atoms with E-state index in [2.05, 4.69) is 22.6 Å². The molecule has 0 radical (unpaired) electrons. The van der Waals surface area contributed by atoms with Crippen LogP contribution < -0.4 is 4.74 Å². The minimum atomic E-state index is -0.368. The maximum Gasteiger partial charge on any atom is 0.344 e. The Labute approximate surface area is 140 Å². The normalized spacial score (nSPS) is 10.6. The van der Waals surface area contributed by atoms with Crippen molar-refractivity contribution in [2.75, 3.05) is 0 Å². The number of rotatable bonds is 2. The molecule has 104 valence electrons. The highest BCUT2D eigenvalue weighted by atomic mass is 127. The summed E-state index contributed by atoms with van der Waals surface area (Å²) in [4.78, 5) is 12.3. The molecule has 0 fully saturated rings. The number of fused-ring (bicyclic) bond motifs is 1. The lowest BCUT2D eigenvalue weighted by Crippen LogP contribution is -2.10. The topological polar surface area (TPSA) is 26.3 Å². The monoisotopic (exact) mass is 408 g/mol. The lowest BCUT2D eigenvalue weighted by atomic mass is 10.1. The van der Waals surface area contributed by atoms with Gasteiger partial charge in [-0.05, 0) is 46.9 Å². The quantitative estimate of drug-likeness (QED) is 0.326. The molecule has 0 N–H and O–H groups in total. The Balaban J connectivity index is 2.01. The Morgan fingerprint density at radius 3 is 2.33 bits per heavy atom. The highest BCUT2D eigenvalue weighted by Crippen LogP contribution is 2.31. The molecule has 4 heteroatoms. The third-order valence-corrected chi connectivity index (χ3v) is 4.40. The second-order valence-electron chi connectivity index (χ2n) is 4.46. The van der Waals surface area contributed by atoms with Gasteiger partial charge in [0.1, 0.15) is 5.75 Å². The molecule has 0 aliphatic carbocycles. The van der Waals surface area contributed by atoms with Gasteiger partial charge in [0, 0.05) is 19.4 Å². The van der Waals surface area contributed by atoms with Gasteiger partial charge in [-0.3, -0.25) is 0 Å². The summed E-state index contributed by atoms with van der Waals surface area (Å²) in [5, 5.41) is 2.33. The van der Waals surface area contributed by atoms with Crippen LogP contribution in [0.25, 0.3) is 10.8 Å². The van der Waals surface area contributed by atoms with Gasteiger partial charge >= 0.3 is 5.97 Å². The second-order valence-corrected chi connectivity index (χ2v) is 6.03. The van der Waals surface area contributed by atoms with Gasteiger partial charge in [0.25, 0.3) is 0 Å². The van der Waals surface area contributed by atoms with E-state index < -0.39 is 0 Å². The number of carbonyl (C=O) groups excluding carboxylic acids is 1. The van der Waals surface area contributed by atoms with Crippen molar-refractivity contribution in [2.45, 2.75) is 0 Å². The Bertz CT molecular complexity index is 830. The van der Waals surface area contributed by atoms with E-state index in [1.54, 1.807) is 18.2 Å². The van der Waals surface area contributed by atoms with Gasteiger partial charge in [-0.2, -0.15) is 0 Å². The summed E-state index contributed by atoms with van der Waals surface area (Å²) in [5.41, 5.74) is 0.553. The predicted octanol–water partition coefficient (Wildman–Crippen LogP) is 5.32. The molecule has 3 rings (SSSR count). The third kappa shape index (κ3) is 2.89. The van der Waals surface area contributed by atoms with Gasteiger partial charge in [0.15, 0.2) is 0 Å². The van der Waals surface area contributed by atoms with Crippen molar-refractivity contribution in [1.82, 2.24) is 0 Å². The van der Waals surface area contributed by atoms with Crippen LogP contribution in [0.3, 0.4) is 0 Å². The molecule has 0 saturated carbocycles. The molecule has 0 atom stereocenters. The minimum absolute atomic E-state index is 0.368. The van der Waals surface area contributed by atoms with Crippen LogP contribution in [0.4, 0.5) is 0 Å². The minimum Gasteiger partial charge on any atom is -0.422 e. The average Bonchev–Trinajstić information content (AvgIpc) is 2.51. The fourth-order valence-electron chi connectivity index (χ4n) is 2.11. The Kier molecular flexibility index (Phi) is 4.12. The van der Waals surface area contributed by atoms with Crippen LogP contribution in [0.15, 0.2) is 60.7 Å². The molecule has 3 aromatic carbocycles. The van der Waals surface area contributed by atoms with Crippen LogP contribution in [0, 0.1) is 3.57 Å². The molecule has 0 spiro atoms. The zero-order chi connectivity index (χ0) is 14.8. The molecule has 0 bridgehead atoms. The number of hydrogen-bond acceptors (Lipinski definition) is 2. The van der Waals surface area contributed by atoms with Gasteiger partial charge in [-0.25, -0.2) is 4.79 Å². The number of ether oxygens (including phenoxy) is 1. The van der Waals surface area contributed by atoms with Crippen molar-refractivity contribution >= 4 is 50.9 Å². The summed E-state index contributed by atoms with van der Waals surface area (Å²) in [6.07, 6.45) is 0. The van der Waals surface area contributed by atoms with Crippen molar-refractivity contribution in [3.05, 3.63) is 74.8 Å². The fraction of sp³-hybridized carbons (Fsp3) is 0. The molecule has 2 nitrogen and oxygen atoms in total. The van der Waals surface area contributed by atoms with Crippen LogP contribution in [-0.2, 0) is 0 Å². The highest BCUT2D eigenvalue weighted by molar-refractivity contribution is 14.1. The van der Waals surface area contributed by atoms with Gasteiger partial charge < -0.3 is 4.74 Å². The van der Waals surface area contributed by atoms with Crippen molar-refractivity contribution < 1.29 is 9.53 Å². The standard InChI is InChI=1S/C17H10ClIO2/c18-14-9-10-16(12-6-2-1-5-11(12)14)21-17(20)13-7-3-4-8-15(13)19/h1-10H. The molecule has 0 aliphatic rings. The van der Waals surface area contributed by atoms with Crippen molar-refractivity contribution in [3.63, 3.8) is 0 Å². The molecule has 0 saturated heterocycles. The van der Waals surface area contributed by atoms with Crippen LogP contribution >= 0.6 is 34.2 Å². The predicted molar refractivity (Wildman–Crippen MR) is 93.1 cm³/mol. The molecule has 0 amide bonds. The molecular formula is C17H10ClIO2. The van der Waals surface area contributed by atoms with Crippen LogP contribution in [0.1, 0.15) is 10.4 Å². The lowest BCUT2D eigenvalue weighted by Gasteiger charge is -2.09. The van der Waals surface area contributed by atoms with E-state index in [0.717, 1.165) is 14.3 Å². The first-order valence-electron chi connectivity index (χ1n) is 6.31. The maximum absolute atomic E-state index is 12.3. The van der Waals surface area contributed by atoms with Gasteiger partial charge in [-0.15, -0.1) is 0 Å². The molecular weight excluding hydrogens is 399 g/mol. The number of benzene rings is 3. The molecule has 0 aliphatic heterocycles. The Morgan fingerprint density at radius 2 is 1.57 bits per heavy atom. The van der Waals surface area contributed by atoms with E-state index in [1.807, 2.05) is 42.5 Å². The number of hydrogen-bond donors (Lipinski definition) is 0. The van der Waals surface area contributed by atoms with Gasteiger partial charge in [0.2, 0.25) is 0 Å². The summed E-state index contributed by atoms with van der Waals surface area (Å²) in [5.74, 6) is 0.145. The van der Waals surface area contributed by atoms with E-state index in [1.165, 1.54) is 0 Å². The van der Waals surface area contributed by atoms with E-state index in [9.17, 15) is 4.79 Å². The Hall–Kier alpha value is -1.59. The van der Waals surface area contributed by atoms with Crippen LogP contribution in [0.2, 0.25) is 5.02 Å². The average molecular weight is 409 g/mol. The summed E-state index contributed by atoms with van der Waals surface area (Å²) < 4.78 is 6.41. The van der Waals surface area contributed by atoms with Crippen molar-refractivity contribution in [2.24, 2.45) is 0 Å². The summed E-state index contributed by atoms with van der Waals surface area (Å²) in [6, 6.07) is 18.4. The number of halogens is 2. The molecule has 0 aromatic heterocycles. The Morgan fingerprint density at radius 1 is 0.905 bits per heavy atom. The largest absolute Gasteiger partial charge is 0.422 e. The highest BCUT2D eigenvalue weighted by Gasteiger charge is 2.14. The zero-order valence-electron chi connectivity index (χ0n) is 10.8. The summed E-state index contributed by atoms with van der Waals surface area (Å²) in [6.45, 7) is 0. The second kappa shape index (κ2) is 6.03. The van der Waals surface area contributed by atoms with E-state index in [0.29, 0.717) is 16.3 Å². The van der Waals surface area contributed by atoms with Gasteiger partial charge in [-0.1, -0.05) is 48.0 Å². The molecule has 3 aromatic rings. The van der Waals surface area contributed by atoms with E-state index in [4.69, 9.17) is 16.3 Å². The van der Waals surface area contributed by atoms with E-state index in [-0.39, 0.29) is 5.97 Å². The zero-order valence-corrected chi connectivity index (χ0v) is 13.8. The molecule has 0 heterocycles. The molecule has 21 heavy (non-hydrogen) atoms. The number of carbonyl (C=O) groups is 1. The van der Waals surface area contributed by atoms with Crippen molar-refractivity contribution in [3.8, 4) is 5.75 Å². The van der Waals surface area contributed by atoms with Crippen LogP contribution in [0.5, 0.6) is 5.75 Å². The summed E-state index contributed by atoms with van der Waals surface area (Å²) in [7, 11) is 0. The van der Waals surface area contributed by atoms with E-state index >= 15 is 0 Å². The SMILES string of the molecule is O=C(Oc1ccc(Cl)c2ccccc12)c1ccccc1I. The number of esters is 1. The fourth-order valence-corrected chi connectivity index (χ4v) is 2.94. The first kappa shape index (κ1) is 14.4. The van der Waals surface area contributed by atoms with Crippen LogP contribution in [-0.4, -0.2) is 5.97 Å². The van der Waals surface area contributed by atoms with Gasteiger partial charge in [0.05, 0.1) is 5.56 Å². The first-order chi connectivity index (χ1) is 10.2. The summed E-state index contributed by atoms with van der Waals surface area (Å²) >= 11 is 8.29. The molecule has 0 unspecified atom stereocenters.